The van der Waals surface area contributed by atoms with Crippen molar-refractivity contribution in [2.24, 2.45) is 16.1 Å². The molecule has 4 heteroatoms. The molecular weight excluding hydrogens is 212 g/mol. The zero-order chi connectivity index (χ0) is 12.7. The van der Waals surface area contributed by atoms with E-state index in [0.29, 0.717) is 0 Å². The van der Waals surface area contributed by atoms with E-state index in [4.69, 9.17) is 10.5 Å². The number of nitriles is 2. The van der Waals surface area contributed by atoms with Crippen LogP contribution in [0.4, 0.5) is 0 Å². The molecule has 0 amide bonds. The summed E-state index contributed by atoms with van der Waals surface area (Å²) in [5.41, 5.74) is -0.716. The maximum atomic E-state index is 9.10. The van der Waals surface area contributed by atoms with Gasteiger partial charge in [-0.2, -0.15) is 20.8 Å². The largest absolute Gasteiger partial charge is 0.198 e. The van der Waals surface area contributed by atoms with Crippen LogP contribution in [0, 0.1) is 28.6 Å². The van der Waals surface area contributed by atoms with Crippen molar-refractivity contribution in [1.29, 1.82) is 10.5 Å². The van der Waals surface area contributed by atoms with Crippen LogP contribution in [0.5, 0.6) is 0 Å². The fourth-order valence-electron chi connectivity index (χ4n) is 2.22. The molecule has 0 spiro atoms. The highest BCUT2D eigenvalue weighted by Gasteiger charge is 2.27. The summed E-state index contributed by atoms with van der Waals surface area (Å²) in [4.78, 5) is 0. The molecule has 0 radical (unpaired) electrons. The summed E-state index contributed by atoms with van der Waals surface area (Å²) in [6, 6.07) is 4.51. The van der Waals surface area contributed by atoms with E-state index in [2.05, 4.69) is 22.4 Å². The van der Waals surface area contributed by atoms with Crippen molar-refractivity contribution in [3.05, 3.63) is 0 Å². The van der Waals surface area contributed by atoms with E-state index in [9.17, 15) is 0 Å². The van der Waals surface area contributed by atoms with Crippen molar-refractivity contribution >= 4 is 0 Å². The molecule has 92 valence electrons. The normalized spacial score (nSPS) is 28.2. The average molecular weight is 232 g/mol. The van der Waals surface area contributed by atoms with E-state index < -0.39 is 5.54 Å². The molecule has 0 N–H and O–H groups in total. The number of rotatable bonds is 4. The average Bonchev–Trinajstić information content (AvgIpc) is 2.37. The lowest BCUT2D eigenvalue weighted by Gasteiger charge is -2.23. The first-order valence-electron chi connectivity index (χ1n) is 6.38. The Hall–Kier alpha value is -1.42. The number of azo groups is 1. The molecule has 1 rings (SSSR count). The van der Waals surface area contributed by atoms with Gasteiger partial charge in [0, 0.05) is 0 Å². The Bertz CT molecular complexity index is 349. The molecule has 3 unspecified atom stereocenters. The Kier molecular flexibility index (Phi) is 5.10. The Morgan fingerprint density at radius 2 is 2.00 bits per heavy atom. The van der Waals surface area contributed by atoms with Gasteiger partial charge >= 0.3 is 0 Å². The molecule has 0 aromatic carbocycles. The Morgan fingerprint density at radius 1 is 1.29 bits per heavy atom. The second-order valence-electron chi connectivity index (χ2n) is 4.94. The molecule has 1 fully saturated rings. The smallest absolute Gasteiger partial charge is 0.164 e. The van der Waals surface area contributed by atoms with Crippen molar-refractivity contribution in [2.75, 3.05) is 0 Å². The SMILES string of the molecule is CCCC(C)(C#N)N=NC1CCCCC1C#N. The minimum atomic E-state index is -0.716. The van der Waals surface area contributed by atoms with Crippen LogP contribution in [-0.2, 0) is 0 Å². The summed E-state index contributed by atoms with van der Waals surface area (Å²) in [5, 5.41) is 26.6. The monoisotopic (exact) mass is 232 g/mol. The molecule has 0 bridgehead atoms. The van der Waals surface area contributed by atoms with Gasteiger partial charge in [-0.1, -0.05) is 26.2 Å². The lowest BCUT2D eigenvalue weighted by atomic mass is 9.86. The van der Waals surface area contributed by atoms with E-state index >= 15 is 0 Å². The topological polar surface area (TPSA) is 72.3 Å². The first-order valence-corrected chi connectivity index (χ1v) is 6.38. The van der Waals surface area contributed by atoms with Gasteiger partial charge in [0.15, 0.2) is 5.54 Å². The van der Waals surface area contributed by atoms with Gasteiger partial charge in [0.25, 0.3) is 0 Å². The molecule has 3 atom stereocenters. The maximum Gasteiger partial charge on any atom is 0.164 e. The molecule has 4 nitrogen and oxygen atoms in total. The van der Waals surface area contributed by atoms with E-state index in [1.165, 1.54) is 0 Å². The fraction of sp³-hybridized carbons (Fsp3) is 0.846. The molecule has 0 aromatic rings. The number of nitrogens with zero attached hydrogens (tertiary/aromatic N) is 4. The first-order chi connectivity index (χ1) is 8.15. The van der Waals surface area contributed by atoms with Crippen LogP contribution in [0.1, 0.15) is 52.4 Å². The van der Waals surface area contributed by atoms with Crippen LogP contribution in [-0.4, -0.2) is 11.6 Å². The molecule has 0 aliphatic heterocycles. The quantitative estimate of drug-likeness (QED) is 0.694. The fourth-order valence-corrected chi connectivity index (χ4v) is 2.22. The summed E-state index contributed by atoms with van der Waals surface area (Å²) in [6.07, 6.45) is 5.69. The van der Waals surface area contributed by atoms with Gasteiger partial charge in [-0.25, -0.2) is 0 Å². The third kappa shape index (κ3) is 3.82. The summed E-state index contributed by atoms with van der Waals surface area (Å²) in [7, 11) is 0. The maximum absolute atomic E-state index is 9.10. The first kappa shape index (κ1) is 13.6. The highest BCUT2D eigenvalue weighted by atomic mass is 15.2. The van der Waals surface area contributed by atoms with Crippen LogP contribution in [0.2, 0.25) is 0 Å². The van der Waals surface area contributed by atoms with Crippen LogP contribution in [0.3, 0.4) is 0 Å². The van der Waals surface area contributed by atoms with Crippen LogP contribution in [0.25, 0.3) is 0 Å². The van der Waals surface area contributed by atoms with Crippen molar-refractivity contribution in [3.63, 3.8) is 0 Å². The van der Waals surface area contributed by atoms with E-state index in [1.807, 2.05) is 13.8 Å². The third-order valence-corrected chi connectivity index (χ3v) is 3.30. The number of hydrogen-bond acceptors (Lipinski definition) is 4. The van der Waals surface area contributed by atoms with Gasteiger partial charge in [0.2, 0.25) is 0 Å². The summed E-state index contributed by atoms with van der Waals surface area (Å²) >= 11 is 0. The van der Waals surface area contributed by atoms with Gasteiger partial charge in [0.1, 0.15) is 0 Å². The van der Waals surface area contributed by atoms with Crippen LogP contribution in [0.15, 0.2) is 10.2 Å². The second-order valence-corrected chi connectivity index (χ2v) is 4.94. The summed E-state index contributed by atoms with van der Waals surface area (Å²) in [6.45, 7) is 3.84. The van der Waals surface area contributed by atoms with E-state index in [0.717, 1.165) is 38.5 Å². The molecule has 1 aliphatic rings. The zero-order valence-electron chi connectivity index (χ0n) is 10.7. The van der Waals surface area contributed by atoms with Gasteiger partial charge in [-0.05, 0) is 26.2 Å². The van der Waals surface area contributed by atoms with Gasteiger partial charge in [-0.3, -0.25) is 0 Å². The van der Waals surface area contributed by atoms with E-state index in [-0.39, 0.29) is 12.0 Å². The van der Waals surface area contributed by atoms with Crippen molar-refractivity contribution in [3.8, 4) is 12.1 Å². The third-order valence-electron chi connectivity index (χ3n) is 3.30. The molecular formula is C13H20N4. The zero-order valence-corrected chi connectivity index (χ0v) is 10.7. The van der Waals surface area contributed by atoms with Crippen molar-refractivity contribution in [1.82, 2.24) is 0 Å². The molecule has 1 saturated carbocycles. The molecule has 0 aromatic heterocycles. The van der Waals surface area contributed by atoms with Gasteiger partial charge in [0.05, 0.1) is 24.1 Å². The molecule has 17 heavy (non-hydrogen) atoms. The minimum Gasteiger partial charge on any atom is -0.198 e. The summed E-state index contributed by atoms with van der Waals surface area (Å²) < 4.78 is 0. The Balaban J connectivity index is 2.68. The standard InChI is InChI=1S/C13H20N4/c1-3-8-13(2,10-15)17-16-12-7-5-4-6-11(12)9-14/h11-12H,3-8H2,1-2H3. The van der Waals surface area contributed by atoms with E-state index in [1.54, 1.807) is 0 Å². The predicted molar refractivity (Wildman–Crippen MR) is 65.1 cm³/mol. The minimum absolute atomic E-state index is 0.00159. The highest BCUT2D eigenvalue weighted by molar-refractivity contribution is 5.03. The molecule has 0 heterocycles. The Labute approximate surface area is 103 Å². The lowest BCUT2D eigenvalue weighted by molar-refractivity contribution is 0.347. The van der Waals surface area contributed by atoms with Crippen molar-refractivity contribution < 1.29 is 0 Å². The molecule has 0 saturated heterocycles. The van der Waals surface area contributed by atoms with Crippen LogP contribution >= 0.6 is 0 Å². The number of hydrogen-bond donors (Lipinski definition) is 0. The van der Waals surface area contributed by atoms with Crippen LogP contribution < -0.4 is 0 Å². The summed E-state index contributed by atoms with van der Waals surface area (Å²) in [5.74, 6) is -0.0166. The lowest BCUT2D eigenvalue weighted by Crippen LogP contribution is -2.24. The van der Waals surface area contributed by atoms with Crippen molar-refractivity contribution in [2.45, 2.75) is 64.0 Å². The predicted octanol–water partition coefficient (Wildman–Crippen LogP) is 3.60. The second kappa shape index (κ2) is 6.35. The highest BCUT2D eigenvalue weighted by Crippen LogP contribution is 2.28. The molecule has 1 aliphatic carbocycles. The van der Waals surface area contributed by atoms with Gasteiger partial charge in [-0.15, -0.1) is 0 Å². The Morgan fingerprint density at radius 3 is 2.59 bits per heavy atom. The van der Waals surface area contributed by atoms with Gasteiger partial charge < -0.3 is 0 Å².